The highest BCUT2D eigenvalue weighted by atomic mass is 16.6. The summed E-state index contributed by atoms with van der Waals surface area (Å²) in [6.45, 7) is 2.48. The molecule has 0 unspecified atom stereocenters. The number of nitrogens with zero attached hydrogens (tertiary/aromatic N) is 4. The molecule has 2 heterocycles. The number of carbonyl (C=O) groups excluding carboxylic acids is 2. The molecule has 2 aliphatic heterocycles. The van der Waals surface area contributed by atoms with E-state index >= 15 is 0 Å². The van der Waals surface area contributed by atoms with E-state index in [0.29, 0.717) is 31.9 Å². The van der Waals surface area contributed by atoms with Crippen molar-refractivity contribution in [2.24, 2.45) is 0 Å². The van der Waals surface area contributed by atoms with Crippen molar-refractivity contribution in [2.45, 2.75) is 6.04 Å². The highest BCUT2D eigenvalue weighted by Crippen LogP contribution is 2.35. The number of benzene rings is 3. The molecule has 1 fully saturated rings. The smallest absolute Gasteiger partial charge is 0.331 e. The lowest BCUT2D eigenvalue weighted by atomic mass is 9.96. The molecule has 0 saturated carbocycles. The molecule has 0 atom stereocenters. The van der Waals surface area contributed by atoms with Crippen molar-refractivity contribution in [3.05, 3.63) is 100 Å². The lowest BCUT2D eigenvalue weighted by Gasteiger charge is -2.40. The molecule has 2 aliphatic rings. The van der Waals surface area contributed by atoms with E-state index in [1.165, 1.54) is 29.3 Å². The number of ether oxygens (including phenoxy) is 1. The third-order valence-electron chi connectivity index (χ3n) is 6.63. The van der Waals surface area contributed by atoms with E-state index < -0.39 is 10.9 Å². The monoisotopic (exact) mass is 486 g/mol. The normalized spacial score (nSPS) is 16.0. The first kappa shape index (κ1) is 23.5. The van der Waals surface area contributed by atoms with Crippen molar-refractivity contribution in [1.29, 1.82) is 0 Å². The zero-order valence-electron chi connectivity index (χ0n) is 19.7. The number of rotatable bonds is 6. The molecule has 0 radical (unpaired) electrons. The predicted octanol–water partition coefficient (Wildman–Crippen LogP) is 3.25. The summed E-state index contributed by atoms with van der Waals surface area (Å²) in [6, 6.07) is 24.9. The van der Waals surface area contributed by atoms with E-state index in [-0.39, 0.29) is 36.5 Å². The summed E-state index contributed by atoms with van der Waals surface area (Å²) in [5.41, 5.74) is 2.75. The molecule has 0 N–H and O–H groups in total. The maximum Gasteiger partial charge on any atom is 0.331 e. The van der Waals surface area contributed by atoms with Gasteiger partial charge < -0.3 is 14.5 Å². The Bertz CT molecular complexity index is 1220. The number of carbonyl (C=O) groups is 2. The van der Waals surface area contributed by atoms with Crippen LogP contribution < -0.4 is 9.64 Å². The van der Waals surface area contributed by atoms with Gasteiger partial charge in [0.15, 0.2) is 5.75 Å². The van der Waals surface area contributed by atoms with Crippen molar-refractivity contribution in [3.8, 4) is 5.75 Å². The highest BCUT2D eigenvalue weighted by Gasteiger charge is 2.31. The standard InChI is InChI=1S/C27H26N4O5/c32-25(18-30-19-26(33)36-24-17-22(31(34)35)11-12-23(24)30)28-13-15-29(16-14-28)27(20-7-3-1-4-8-20)21-9-5-2-6-10-21/h1-12,17,27H,13-16,18-19H2. The van der Waals surface area contributed by atoms with Crippen molar-refractivity contribution >= 4 is 23.3 Å². The molecule has 0 bridgehead atoms. The molecular weight excluding hydrogens is 460 g/mol. The van der Waals surface area contributed by atoms with Gasteiger partial charge in [-0.1, -0.05) is 60.7 Å². The van der Waals surface area contributed by atoms with Gasteiger partial charge in [-0.3, -0.25) is 19.8 Å². The van der Waals surface area contributed by atoms with Crippen LogP contribution in [0.15, 0.2) is 78.9 Å². The molecule has 9 nitrogen and oxygen atoms in total. The minimum absolute atomic E-state index is 0.000704. The third kappa shape index (κ3) is 4.92. The Kier molecular flexibility index (Phi) is 6.64. The van der Waals surface area contributed by atoms with Crippen molar-refractivity contribution in [2.75, 3.05) is 44.2 Å². The number of hydrogen-bond donors (Lipinski definition) is 0. The van der Waals surface area contributed by atoms with Gasteiger partial charge in [-0.05, 0) is 17.2 Å². The Balaban J connectivity index is 1.27. The molecule has 0 aromatic heterocycles. The van der Waals surface area contributed by atoms with Gasteiger partial charge in [-0.15, -0.1) is 0 Å². The summed E-state index contributed by atoms with van der Waals surface area (Å²) >= 11 is 0. The number of non-ortho nitro benzene ring substituents is 1. The Morgan fingerprint density at radius 2 is 1.53 bits per heavy atom. The van der Waals surface area contributed by atoms with Gasteiger partial charge in [0.1, 0.15) is 6.54 Å². The number of amides is 1. The van der Waals surface area contributed by atoms with Crippen LogP contribution in [0.3, 0.4) is 0 Å². The van der Waals surface area contributed by atoms with Crippen LogP contribution in [0.1, 0.15) is 17.2 Å². The minimum Gasteiger partial charge on any atom is -0.423 e. The molecule has 36 heavy (non-hydrogen) atoms. The van der Waals surface area contributed by atoms with Gasteiger partial charge in [0, 0.05) is 32.2 Å². The molecule has 0 aliphatic carbocycles. The number of esters is 1. The zero-order chi connectivity index (χ0) is 25.1. The fraction of sp³-hybridized carbons (Fsp3) is 0.259. The highest BCUT2D eigenvalue weighted by molar-refractivity contribution is 5.89. The molecule has 3 aromatic carbocycles. The quantitative estimate of drug-likeness (QED) is 0.228. The Labute approximate surface area is 208 Å². The summed E-state index contributed by atoms with van der Waals surface area (Å²) in [5.74, 6) is -0.537. The Morgan fingerprint density at radius 3 is 2.11 bits per heavy atom. The van der Waals surface area contributed by atoms with Crippen LogP contribution in [0.4, 0.5) is 11.4 Å². The first-order valence-corrected chi connectivity index (χ1v) is 11.9. The second-order valence-corrected chi connectivity index (χ2v) is 8.88. The van der Waals surface area contributed by atoms with Gasteiger partial charge in [0.25, 0.3) is 5.69 Å². The number of piperazine rings is 1. The van der Waals surface area contributed by atoms with Gasteiger partial charge in [0.05, 0.1) is 29.3 Å². The average Bonchev–Trinajstić information content (AvgIpc) is 2.90. The minimum atomic E-state index is -0.547. The summed E-state index contributed by atoms with van der Waals surface area (Å²) < 4.78 is 5.19. The van der Waals surface area contributed by atoms with Crippen LogP contribution in [0, 0.1) is 10.1 Å². The SMILES string of the molecule is O=C1CN(CC(=O)N2CCN(C(c3ccccc3)c3ccccc3)CC2)c2ccc([N+](=O)[O-])cc2O1. The number of nitro groups is 1. The van der Waals surface area contributed by atoms with Gasteiger partial charge >= 0.3 is 5.97 Å². The Morgan fingerprint density at radius 1 is 0.917 bits per heavy atom. The Hall–Kier alpha value is -4.24. The van der Waals surface area contributed by atoms with Crippen LogP contribution in [0.2, 0.25) is 0 Å². The fourth-order valence-corrected chi connectivity index (χ4v) is 4.87. The van der Waals surface area contributed by atoms with Crippen molar-refractivity contribution in [3.63, 3.8) is 0 Å². The second kappa shape index (κ2) is 10.2. The molecule has 5 rings (SSSR count). The maximum absolute atomic E-state index is 13.2. The van der Waals surface area contributed by atoms with Gasteiger partial charge in [0.2, 0.25) is 5.91 Å². The van der Waals surface area contributed by atoms with E-state index in [0.717, 1.165) is 0 Å². The van der Waals surface area contributed by atoms with Crippen molar-refractivity contribution in [1.82, 2.24) is 9.80 Å². The lowest BCUT2D eigenvalue weighted by Crippen LogP contribution is -2.53. The summed E-state index contributed by atoms with van der Waals surface area (Å²) in [6.07, 6.45) is 0. The van der Waals surface area contributed by atoms with Gasteiger partial charge in [-0.2, -0.15) is 0 Å². The molecule has 1 saturated heterocycles. The van der Waals surface area contributed by atoms with Gasteiger partial charge in [-0.25, -0.2) is 4.79 Å². The van der Waals surface area contributed by atoms with Crippen molar-refractivity contribution < 1.29 is 19.2 Å². The average molecular weight is 487 g/mol. The largest absolute Gasteiger partial charge is 0.423 e. The van der Waals surface area contributed by atoms with E-state index in [9.17, 15) is 19.7 Å². The molecule has 1 amide bonds. The number of anilines is 1. The summed E-state index contributed by atoms with van der Waals surface area (Å²) in [5, 5.41) is 11.1. The van der Waals surface area contributed by atoms with Crippen LogP contribution in [-0.4, -0.2) is 65.9 Å². The van der Waals surface area contributed by atoms with E-state index in [2.05, 4.69) is 29.2 Å². The fourth-order valence-electron chi connectivity index (χ4n) is 4.87. The third-order valence-corrected chi connectivity index (χ3v) is 6.63. The predicted molar refractivity (Wildman–Crippen MR) is 134 cm³/mol. The molecular formula is C27H26N4O5. The van der Waals surface area contributed by atoms with E-state index in [4.69, 9.17) is 4.74 Å². The second-order valence-electron chi connectivity index (χ2n) is 8.88. The molecule has 184 valence electrons. The van der Waals surface area contributed by atoms with Crippen LogP contribution in [0.5, 0.6) is 5.75 Å². The number of fused-ring (bicyclic) bond motifs is 1. The van der Waals surface area contributed by atoms with E-state index in [1.807, 2.05) is 41.3 Å². The maximum atomic E-state index is 13.2. The molecule has 0 spiro atoms. The van der Waals surface area contributed by atoms with Crippen LogP contribution >= 0.6 is 0 Å². The first-order valence-electron chi connectivity index (χ1n) is 11.9. The molecule has 9 heteroatoms. The summed E-state index contributed by atoms with van der Waals surface area (Å²) in [7, 11) is 0. The topological polar surface area (TPSA) is 96.2 Å². The number of nitro benzene ring substituents is 1. The van der Waals surface area contributed by atoms with E-state index in [1.54, 1.807) is 4.90 Å². The zero-order valence-corrected chi connectivity index (χ0v) is 19.7. The lowest BCUT2D eigenvalue weighted by molar-refractivity contribution is -0.384. The summed E-state index contributed by atoms with van der Waals surface area (Å²) in [4.78, 5) is 41.6. The number of hydrogen-bond acceptors (Lipinski definition) is 7. The van der Waals surface area contributed by atoms with Crippen LogP contribution in [-0.2, 0) is 9.59 Å². The first-order chi connectivity index (χ1) is 17.5. The van der Waals surface area contributed by atoms with Crippen LogP contribution in [0.25, 0.3) is 0 Å². The molecule has 3 aromatic rings.